The van der Waals surface area contributed by atoms with Gasteiger partial charge in [0.2, 0.25) is 11.8 Å². The zero-order valence-electron chi connectivity index (χ0n) is 12.9. The van der Waals surface area contributed by atoms with E-state index in [0.29, 0.717) is 18.3 Å². The van der Waals surface area contributed by atoms with Crippen molar-refractivity contribution in [2.24, 2.45) is 5.92 Å². The number of amides is 1. The Balaban J connectivity index is 2.65. The summed E-state index contributed by atoms with van der Waals surface area (Å²) in [6.45, 7) is 10.5. The van der Waals surface area contributed by atoms with Crippen LogP contribution in [0.1, 0.15) is 34.6 Å². The van der Waals surface area contributed by atoms with Gasteiger partial charge in [-0.3, -0.25) is 4.79 Å². The highest BCUT2D eigenvalue weighted by Gasteiger charge is 2.15. The Morgan fingerprint density at radius 3 is 2.60 bits per heavy atom. The fraction of sp³-hybridized carbons (Fsp3) is 0.600. The van der Waals surface area contributed by atoms with Gasteiger partial charge in [0.15, 0.2) is 0 Å². The number of carbonyl (C=O) groups excluding carboxylic acids is 1. The van der Waals surface area contributed by atoms with Gasteiger partial charge >= 0.3 is 0 Å². The van der Waals surface area contributed by atoms with Gasteiger partial charge in [0.1, 0.15) is 6.04 Å². The van der Waals surface area contributed by atoms with Crippen LogP contribution >= 0.6 is 0 Å². The predicted octanol–water partition coefficient (Wildman–Crippen LogP) is 2.44. The lowest BCUT2D eigenvalue weighted by molar-refractivity contribution is -0.121. The maximum atomic E-state index is 12.0. The van der Waals surface area contributed by atoms with Crippen LogP contribution in [0.25, 0.3) is 0 Å². The van der Waals surface area contributed by atoms with Crippen molar-refractivity contribution in [3.05, 3.63) is 18.3 Å². The first-order chi connectivity index (χ1) is 9.40. The molecule has 0 aromatic carbocycles. The first-order valence-corrected chi connectivity index (χ1v) is 7.06. The van der Waals surface area contributed by atoms with E-state index in [1.807, 2.05) is 32.9 Å². The molecule has 0 saturated heterocycles. The lowest BCUT2D eigenvalue weighted by atomic mass is 10.2. The minimum Gasteiger partial charge on any atom is -0.473 e. The third-order valence-electron chi connectivity index (χ3n) is 2.57. The summed E-state index contributed by atoms with van der Waals surface area (Å²) in [4.78, 5) is 16.1. The highest BCUT2D eigenvalue weighted by molar-refractivity contribution is 5.84. The number of nitrogens with one attached hydrogen (secondary N) is 2. The van der Waals surface area contributed by atoms with Crippen LogP contribution < -0.4 is 15.4 Å². The Morgan fingerprint density at radius 1 is 1.30 bits per heavy atom. The van der Waals surface area contributed by atoms with Crippen LogP contribution in [-0.2, 0) is 4.79 Å². The van der Waals surface area contributed by atoms with Gasteiger partial charge in [0.05, 0.1) is 11.8 Å². The number of hydrogen-bond donors (Lipinski definition) is 2. The fourth-order valence-electron chi connectivity index (χ4n) is 1.57. The molecule has 5 nitrogen and oxygen atoms in total. The summed E-state index contributed by atoms with van der Waals surface area (Å²) < 4.78 is 5.62. The highest BCUT2D eigenvalue weighted by Crippen LogP contribution is 2.22. The first kappa shape index (κ1) is 16.3. The van der Waals surface area contributed by atoms with E-state index >= 15 is 0 Å². The maximum Gasteiger partial charge on any atom is 0.242 e. The summed E-state index contributed by atoms with van der Waals surface area (Å²) in [7, 11) is 0. The molecule has 1 aromatic rings. The molecule has 20 heavy (non-hydrogen) atoms. The summed E-state index contributed by atoms with van der Waals surface area (Å²) >= 11 is 0. The van der Waals surface area contributed by atoms with Gasteiger partial charge in [0, 0.05) is 12.7 Å². The average molecular weight is 279 g/mol. The Labute approximate surface area is 121 Å². The smallest absolute Gasteiger partial charge is 0.242 e. The molecule has 1 heterocycles. The molecule has 1 amide bonds. The molecule has 0 aliphatic heterocycles. The summed E-state index contributed by atoms with van der Waals surface area (Å²) in [6, 6.07) is 3.33. The van der Waals surface area contributed by atoms with E-state index in [2.05, 4.69) is 29.5 Å². The van der Waals surface area contributed by atoms with Crippen LogP contribution in [0, 0.1) is 5.92 Å². The van der Waals surface area contributed by atoms with Crippen LogP contribution in [0.4, 0.5) is 5.69 Å². The maximum absolute atomic E-state index is 12.0. The van der Waals surface area contributed by atoms with Crippen molar-refractivity contribution in [3.8, 4) is 5.88 Å². The SMILES string of the molecule is CC(C)CNC(=O)C(C)Nc1cccnc1OC(C)C. The fourth-order valence-corrected chi connectivity index (χ4v) is 1.57. The molecule has 1 rings (SSSR count). The molecule has 0 aliphatic rings. The van der Waals surface area contributed by atoms with Crippen LogP contribution in [0.5, 0.6) is 5.88 Å². The Bertz CT molecular complexity index is 433. The van der Waals surface area contributed by atoms with E-state index in [-0.39, 0.29) is 18.1 Å². The topological polar surface area (TPSA) is 63.2 Å². The van der Waals surface area contributed by atoms with Crippen LogP contribution in [0.2, 0.25) is 0 Å². The number of carbonyl (C=O) groups is 1. The van der Waals surface area contributed by atoms with Crippen LogP contribution in [0.3, 0.4) is 0 Å². The molecule has 1 atom stereocenters. The van der Waals surface area contributed by atoms with E-state index in [0.717, 1.165) is 5.69 Å². The molecule has 112 valence electrons. The quantitative estimate of drug-likeness (QED) is 0.804. The van der Waals surface area contributed by atoms with Gasteiger partial charge in [-0.2, -0.15) is 0 Å². The molecule has 0 bridgehead atoms. The van der Waals surface area contributed by atoms with Crippen molar-refractivity contribution in [2.45, 2.75) is 46.8 Å². The van der Waals surface area contributed by atoms with Gasteiger partial charge in [0.25, 0.3) is 0 Å². The number of nitrogens with zero attached hydrogens (tertiary/aromatic N) is 1. The van der Waals surface area contributed by atoms with Gasteiger partial charge in [-0.15, -0.1) is 0 Å². The van der Waals surface area contributed by atoms with E-state index < -0.39 is 0 Å². The molecular formula is C15H25N3O2. The monoisotopic (exact) mass is 279 g/mol. The molecule has 0 spiro atoms. The molecule has 0 aliphatic carbocycles. The standard InChI is InChI=1S/C15H25N3O2/c1-10(2)9-17-14(19)12(5)18-13-7-6-8-16-15(13)20-11(3)4/h6-8,10-12,18H,9H2,1-5H3,(H,17,19). The minimum atomic E-state index is -0.340. The predicted molar refractivity (Wildman–Crippen MR) is 80.9 cm³/mol. The van der Waals surface area contributed by atoms with Gasteiger partial charge in [-0.25, -0.2) is 4.98 Å². The second kappa shape index (κ2) is 7.72. The molecular weight excluding hydrogens is 254 g/mol. The molecule has 5 heteroatoms. The number of pyridine rings is 1. The van der Waals surface area contributed by atoms with Crippen molar-refractivity contribution >= 4 is 11.6 Å². The second-order valence-corrected chi connectivity index (χ2v) is 5.53. The number of aromatic nitrogens is 1. The number of rotatable bonds is 7. The van der Waals surface area contributed by atoms with E-state index in [1.54, 1.807) is 6.20 Å². The minimum absolute atomic E-state index is 0.0296. The zero-order chi connectivity index (χ0) is 15.1. The second-order valence-electron chi connectivity index (χ2n) is 5.53. The highest BCUT2D eigenvalue weighted by atomic mass is 16.5. The van der Waals surface area contributed by atoms with Gasteiger partial charge in [-0.1, -0.05) is 13.8 Å². The first-order valence-electron chi connectivity index (χ1n) is 7.06. The molecule has 2 N–H and O–H groups in total. The van der Waals surface area contributed by atoms with Gasteiger partial charge < -0.3 is 15.4 Å². The molecule has 1 aromatic heterocycles. The van der Waals surface area contributed by atoms with Crippen molar-refractivity contribution in [1.82, 2.24) is 10.3 Å². The molecule has 0 radical (unpaired) electrons. The molecule has 0 fully saturated rings. The number of anilines is 1. The third kappa shape index (κ3) is 5.47. The zero-order valence-corrected chi connectivity index (χ0v) is 12.9. The van der Waals surface area contributed by atoms with E-state index in [4.69, 9.17) is 4.74 Å². The Morgan fingerprint density at radius 2 is 2.00 bits per heavy atom. The summed E-state index contributed by atoms with van der Waals surface area (Å²) in [5.74, 6) is 0.924. The van der Waals surface area contributed by atoms with Crippen molar-refractivity contribution in [3.63, 3.8) is 0 Å². The van der Waals surface area contributed by atoms with Crippen LogP contribution in [0.15, 0.2) is 18.3 Å². The van der Waals surface area contributed by atoms with E-state index in [9.17, 15) is 4.79 Å². The number of ether oxygens (including phenoxy) is 1. The number of hydrogen-bond acceptors (Lipinski definition) is 4. The van der Waals surface area contributed by atoms with Crippen molar-refractivity contribution < 1.29 is 9.53 Å². The molecule has 0 saturated carbocycles. The lowest BCUT2D eigenvalue weighted by Gasteiger charge is -2.18. The Kier molecular flexibility index (Phi) is 6.28. The summed E-state index contributed by atoms with van der Waals surface area (Å²) in [6.07, 6.45) is 1.71. The summed E-state index contributed by atoms with van der Waals surface area (Å²) in [5, 5.41) is 6.04. The van der Waals surface area contributed by atoms with E-state index in [1.165, 1.54) is 0 Å². The third-order valence-corrected chi connectivity index (χ3v) is 2.57. The molecule has 1 unspecified atom stereocenters. The van der Waals surface area contributed by atoms with Crippen LogP contribution in [-0.4, -0.2) is 29.6 Å². The Hall–Kier alpha value is -1.78. The van der Waals surface area contributed by atoms with Crippen molar-refractivity contribution in [2.75, 3.05) is 11.9 Å². The van der Waals surface area contributed by atoms with Gasteiger partial charge in [-0.05, 0) is 38.8 Å². The summed E-state index contributed by atoms with van der Waals surface area (Å²) in [5.41, 5.74) is 0.730. The largest absolute Gasteiger partial charge is 0.473 e. The lowest BCUT2D eigenvalue weighted by Crippen LogP contribution is -2.39. The normalized spacial score (nSPS) is 12.3. The average Bonchev–Trinajstić information content (AvgIpc) is 2.37. The van der Waals surface area contributed by atoms with Crippen molar-refractivity contribution in [1.29, 1.82) is 0 Å².